The van der Waals surface area contributed by atoms with E-state index in [1.807, 2.05) is 20.8 Å². The first-order chi connectivity index (χ1) is 12.3. The van der Waals surface area contributed by atoms with Crippen LogP contribution in [0.3, 0.4) is 0 Å². The third-order valence-corrected chi connectivity index (χ3v) is 7.22. The summed E-state index contributed by atoms with van der Waals surface area (Å²) in [5.74, 6) is 0.0431. The summed E-state index contributed by atoms with van der Waals surface area (Å²) in [4.78, 5) is 13.8. The van der Waals surface area contributed by atoms with Crippen molar-refractivity contribution in [3.05, 3.63) is 23.8 Å². The molecule has 0 radical (unpaired) electrons. The molecule has 1 aliphatic heterocycles. The normalized spacial score (nSPS) is 13.9. The molecule has 0 bridgehead atoms. The average Bonchev–Trinajstić information content (AvgIpc) is 3.19. The van der Waals surface area contributed by atoms with Crippen LogP contribution in [0.2, 0.25) is 0 Å². The minimum atomic E-state index is -3.75. The van der Waals surface area contributed by atoms with Gasteiger partial charge in [0.25, 0.3) is 10.0 Å². The Kier molecular flexibility index (Phi) is 5.54. The fourth-order valence-electron chi connectivity index (χ4n) is 2.67. The fraction of sp³-hybridized carbons (Fsp3) is 0.438. The van der Waals surface area contributed by atoms with Gasteiger partial charge >= 0.3 is 0 Å². The second-order valence-electron chi connectivity index (χ2n) is 6.08. The molecule has 2 heterocycles. The largest absolute Gasteiger partial charge is 0.312 e. The number of nitrogens with zero attached hydrogens (tertiary/aromatic N) is 3. The van der Waals surface area contributed by atoms with E-state index in [0.717, 1.165) is 15.6 Å². The van der Waals surface area contributed by atoms with Crippen LogP contribution >= 0.6 is 23.1 Å². The van der Waals surface area contributed by atoms with Gasteiger partial charge in [-0.2, -0.15) is 0 Å². The highest BCUT2D eigenvalue weighted by Gasteiger charge is 2.26. The fourth-order valence-corrected chi connectivity index (χ4v) is 5.92. The Hall–Kier alpha value is -1.65. The molecule has 1 aromatic heterocycles. The smallest absolute Gasteiger partial charge is 0.263 e. The lowest BCUT2D eigenvalue weighted by Crippen LogP contribution is -2.27. The molecule has 1 aromatic carbocycles. The molecule has 0 saturated carbocycles. The maximum atomic E-state index is 12.6. The first-order valence-corrected chi connectivity index (χ1v) is 11.4. The highest BCUT2D eigenvalue weighted by Crippen LogP contribution is 2.32. The zero-order valence-corrected chi connectivity index (χ0v) is 17.2. The maximum Gasteiger partial charge on any atom is 0.263 e. The number of sulfonamides is 1. The van der Waals surface area contributed by atoms with Gasteiger partial charge in [-0.3, -0.25) is 9.52 Å². The zero-order chi connectivity index (χ0) is 18.9. The van der Waals surface area contributed by atoms with E-state index in [2.05, 4.69) is 14.9 Å². The SMILES string of the molecule is CCC(=O)N1CCc2cc(S(=O)(=O)Nc3nnc(SC(C)C)s3)ccc21. The summed E-state index contributed by atoms with van der Waals surface area (Å²) in [5.41, 5.74) is 1.66. The number of benzene rings is 1. The van der Waals surface area contributed by atoms with Crippen LogP contribution in [0.4, 0.5) is 10.8 Å². The molecule has 0 unspecified atom stereocenters. The van der Waals surface area contributed by atoms with Crippen LogP contribution in [0.5, 0.6) is 0 Å². The number of carbonyl (C=O) groups is 1. The Morgan fingerprint density at radius 2 is 2.15 bits per heavy atom. The summed E-state index contributed by atoms with van der Waals surface area (Å²) in [5, 5.41) is 8.49. The Morgan fingerprint density at radius 3 is 2.85 bits per heavy atom. The topological polar surface area (TPSA) is 92.3 Å². The van der Waals surface area contributed by atoms with Gasteiger partial charge in [0.1, 0.15) is 0 Å². The molecule has 140 valence electrons. The number of nitrogens with one attached hydrogen (secondary N) is 1. The molecule has 2 aromatic rings. The van der Waals surface area contributed by atoms with E-state index in [9.17, 15) is 13.2 Å². The molecule has 1 amide bonds. The van der Waals surface area contributed by atoms with Crippen molar-refractivity contribution >= 4 is 49.8 Å². The number of fused-ring (bicyclic) bond motifs is 1. The molecule has 26 heavy (non-hydrogen) atoms. The van der Waals surface area contributed by atoms with Gasteiger partial charge < -0.3 is 4.90 Å². The number of rotatable bonds is 6. The summed E-state index contributed by atoms with van der Waals surface area (Å²) in [6.07, 6.45) is 1.08. The number of anilines is 2. The van der Waals surface area contributed by atoms with Crippen molar-refractivity contribution in [2.75, 3.05) is 16.2 Å². The van der Waals surface area contributed by atoms with Gasteiger partial charge in [-0.05, 0) is 30.2 Å². The van der Waals surface area contributed by atoms with Gasteiger partial charge in [-0.15, -0.1) is 10.2 Å². The van der Waals surface area contributed by atoms with Crippen LogP contribution < -0.4 is 9.62 Å². The van der Waals surface area contributed by atoms with E-state index in [1.165, 1.54) is 29.2 Å². The van der Waals surface area contributed by atoms with Crippen LogP contribution in [-0.4, -0.2) is 36.3 Å². The number of amides is 1. The quantitative estimate of drug-likeness (QED) is 0.733. The lowest BCUT2D eigenvalue weighted by atomic mass is 10.2. The van der Waals surface area contributed by atoms with Crippen molar-refractivity contribution in [2.24, 2.45) is 0 Å². The summed E-state index contributed by atoms with van der Waals surface area (Å²) >= 11 is 2.75. The molecule has 0 atom stereocenters. The predicted octanol–water partition coefficient (Wildman–Crippen LogP) is 3.14. The van der Waals surface area contributed by atoms with Gasteiger partial charge in [0.15, 0.2) is 4.34 Å². The Labute approximate surface area is 161 Å². The molecule has 0 fully saturated rings. The number of carbonyl (C=O) groups excluding carboxylic acids is 1. The van der Waals surface area contributed by atoms with Crippen molar-refractivity contribution in [2.45, 2.75) is 48.1 Å². The van der Waals surface area contributed by atoms with Crippen molar-refractivity contribution in [1.29, 1.82) is 0 Å². The van der Waals surface area contributed by atoms with Crippen molar-refractivity contribution in [3.8, 4) is 0 Å². The van der Waals surface area contributed by atoms with Crippen LogP contribution in [0, 0.1) is 0 Å². The average molecular weight is 413 g/mol. The number of thioether (sulfide) groups is 1. The standard InChI is InChI=1S/C16H20N4O3S3/c1-4-14(21)20-8-7-11-9-12(5-6-13(11)20)26(22,23)19-15-17-18-16(25-15)24-10(2)3/h5-6,9-10H,4,7-8H2,1-3H3,(H,17,19). The number of hydrogen-bond donors (Lipinski definition) is 1. The molecule has 0 spiro atoms. The lowest BCUT2D eigenvalue weighted by molar-refractivity contribution is -0.118. The van der Waals surface area contributed by atoms with E-state index in [-0.39, 0.29) is 15.9 Å². The van der Waals surface area contributed by atoms with Crippen LogP contribution in [-0.2, 0) is 21.2 Å². The highest BCUT2D eigenvalue weighted by molar-refractivity contribution is 8.01. The molecule has 3 rings (SSSR count). The maximum absolute atomic E-state index is 12.6. The second-order valence-corrected chi connectivity index (χ2v) is 10.6. The highest BCUT2D eigenvalue weighted by atomic mass is 32.2. The third kappa shape index (κ3) is 4.02. The Balaban J connectivity index is 1.80. The summed E-state index contributed by atoms with van der Waals surface area (Å²) in [6, 6.07) is 4.85. The molecular weight excluding hydrogens is 392 g/mol. The number of aromatic nitrogens is 2. The Bertz CT molecular complexity index is 925. The molecule has 7 nitrogen and oxygen atoms in total. The monoisotopic (exact) mass is 412 g/mol. The molecule has 0 aliphatic carbocycles. The predicted molar refractivity (Wildman–Crippen MR) is 105 cm³/mol. The van der Waals surface area contributed by atoms with Crippen molar-refractivity contribution in [1.82, 2.24) is 10.2 Å². The third-order valence-electron chi connectivity index (χ3n) is 3.82. The minimum absolute atomic E-state index is 0.0431. The summed E-state index contributed by atoms with van der Waals surface area (Å²) in [6.45, 7) is 6.47. The van der Waals surface area contributed by atoms with Gasteiger partial charge in [0, 0.05) is 23.9 Å². The number of hydrogen-bond acceptors (Lipinski definition) is 7. The zero-order valence-electron chi connectivity index (χ0n) is 14.7. The second kappa shape index (κ2) is 7.53. The van der Waals surface area contributed by atoms with E-state index in [4.69, 9.17) is 0 Å². The molecule has 1 N–H and O–H groups in total. The van der Waals surface area contributed by atoms with Gasteiger partial charge in [0.2, 0.25) is 11.0 Å². The first kappa shape index (κ1) is 19.1. The molecular formula is C16H20N4O3S3. The van der Waals surface area contributed by atoms with Gasteiger partial charge in [-0.25, -0.2) is 8.42 Å². The first-order valence-electron chi connectivity index (χ1n) is 8.26. The molecule has 0 saturated heterocycles. The van der Waals surface area contributed by atoms with Gasteiger partial charge in [-0.1, -0.05) is 43.9 Å². The van der Waals surface area contributed by atoms with E-state index < -0.39 is 10.0 Å². The van der Waals surface area contributed by atoms with Crippen LogP contribution in [0.15, 0.2) is 27.4 Å². The van der Waals surface area contributed by atoms with E-state index in [0.29, 0.717) is 24.6 Å². The van der Waals surface area contributed by atoms with Crippen molar-refractivity contribution < 1.29 is 13.2 Å². The molecule has 10 heteroatoms. The molecule has 1 aliphatic rings. The summed E-state index contributed by atoms with van der Waals surface area (Å²) in [7, 11) is -3.75. The minimum Gasteiger partial charge on any atom is -0.312 e. The van der Waals surface area contributed by atoms with E-state index in [1.54, 1.807) is 17.0 Å². The van der Waals surface area contributed by atoms with Gasteiger partial charge in [0.05, 0.1) is 4.90 Å². The summed E-state index contributed by atoms with van der Waals surface area (Å²) < 4.78 is 28.5. The van der Waals surface area contributed by atoms with Crippen LogP contribution in [0.25, 0.3) is 0 Å². The lowest BCUT2D eigenvalue weighted by Gasteiger charge is -2.16. The Morgan fingerprint density at radius 1 is 1.38 bits per heavy atom. The van der Waals surface area contributed by atoms with Crippen LogP contribution in [0.1, 0.15) is 32.8 Å². The van der Waals surface area contributed by atoms with E-state index >= 15 is 0 Å². The van der Waals surface area contributed by atoms with Crippen molar-refractivity contribution in [3.63, 3.8) is 0 Å².